The summed E-state index contributed by atoms with van der Waals surface area (Å²) in [5, 5.41) is 8.15. The van der Waals surface area contributed by atoms with Crippen LogP contribution in [0.5, 0.6) is 5.75 Å². The Morgan fingerprint density at radius 1 is 1.29 bits per heavy atom. The van der Waals surface area contributed by atoms with E-state index in [1.165, 1.54) is 0 Å². The second-order valence-corrected chi connectivity index (χ2v) is 5.66. The van der Waals surface area contributed by atoms with E-state index in [4.69, 9.17) is 4.74 Å². The number of aryl methyl sites for hydroxylation is 2. The summed E-state index contributed by atoms with van der Waals surface area (Å²) in [7, 11) is 3.49. The van der Waals surface area contributed by atoms with Gasteiger partial charge in [-0.2, -0.15) is 5.10 Å². The van der Waals surface area contributed by atoms with Crippen LogP contribution in [0.2, 0.25) is 0 Å². The molecule has 1 amide bonds. The number of hydrogen-bond acceptors (Lipinski definition) is 4. The molecule has 0 saturated heterocycles. The highest BCUT2D eigenvalue weighted by Crippen LogP contribution is 2.16. The molecule has 0 unspecified atom stereocenters. The number of aromatic nitrogens is 3. The number of pyridine rings is 1. The summed E-state index contributed by atoms with van der Waals surface area (Å²) in [5.74, 6) is 0.704. The van der Waals surface area contributed by atoms with Crippen LogP contribution in [0.1, 0.15) is 21.6 Å². The molecule has 2 aromatic heterocycles. The number of amides is 1. The molecule has 1 aromatic carbocycles. The molecule has 0 radical (unpaired) electrons. The van der Waals surface area contributed by atoms with Crippen LogP contribution < -0.4 is 10.1 Å². The van der Waals surface area contributed by atoms with Gasteiger partial charge in [0.15, 0.2) is 5.65 Å². The van der Waals surface area contributed by atoms with Gasteiger partial charge < -0.3 is 10.1 Å². The number of carbonyl (C=O) groups is 1. The Morgan fingerprint density at radius 3 is 2.75 bits per heavy atom. The molecule has 0 fully saturated rings. The van der Waals surface area contributed by atoms with E-state index in [2.05, 4.69) is 15.4 Å². The quantitative estimate of drug-likeness (QED) is 0.781. The van der Waals surface area contributed by atoms with Crippen LogP contribution in [0.3, 0.4) is 0 Å². The second-order valence-electron chi connectivity index (χ2n) is 5.66. The number of nitrogens with zero attached hydrogens (tertiary/aromatic N) is 3. The van der Waals surface area contributed by atoms with Gasteiger partial charge in [0.05, 0.1) is 18.4 Å². The van der Waals surface area contributed by atoms with Crippen LogP contribution >= 0.6 is 0 Å². The van der Waals surface area contributed by atoms with Gasteiger partial charge in [0.25, 0.3) is 5.91 Å². The number of ether oxygens (including phenoxy) is 1. The maximum absolute atomic E-state index is 12.3. The van der Waals surface area contributed by atoms with Gasteiger partial charge in [0, 0.05) is 25.2 Å². The number of hydrogen-bond donors (Lipinski definition) is 1. The van der Waals surface area contributed by atoms with Gasteiger partial charge in [-0.25, -0.2) is 4.98 Å². The summed E-state index contributed by atoms with van der Waals surface area (Å²) in [6, 6.07) is 9.67. The lowest BCUT2D eigenvalue weighted by atomic mass is 10.1. The van der Waals surface area contributed by atoms with Gasteiger partial charge in [-0.1, -0.05) is 12.1 Å². The smallest absolute Gasteiger partial charge is 0.252 e. The van der Waals surface area contributed by atoms with Crippen molar-refractivity contribution in [2.24, 2.45) is 7.05 Å². The minimum absolute atomic E-state index is 0.124. The third kappa shape index (κ3) is 3.22. The molecular formula is C18H20N4O2. The number of fused-ring (bicyclic) bond motifs is 1. The molecule has 3 rings (SSSR count). The molecule has 6 heteroatoms. The van der Waals surface area contributed by atoms with Crippen LogP contribution in [-0.4, -0.2) is 34.3 Å². The number of rotatable bonds is 5. The number of carbonyl (C=O) groups excluding carboxylic acids is 1. The average Bonchev–Trinajstić information content (AvgIpc) is 2.89. The molecule has 124 valence electrons. The lowest BCUT2D eigenvalue weighted by molar-refractivity contribution is 0.0954. The van der Waals surface area contributed by atoms with Crippen molar-refractivity contribution in [1.29, 1.82) is 0 Å². The van der Waals surface area contributed by atoms with Crippen LogP contribution in [0.15, 0.2) is 36.5 Å². The van der Waals surface area contributed by atoms with E-state index >= 15 is 0 Å². The first-order chi connectivity index (χ1) is 11.6. The minimum Gasteiger partial charge on any atom is -0.497 e. The number of nitrogens with one attached hydrogen (secondary N) is 1. The fourth-order valence-electron chi connectivity index (χ4n) is 2.65. The van der Waals surface area contributed by atoms with Crippen LogP contribution in [0.25, 0.3) is 11.0 Å². The standard InChI is InChI=1S/C18H20N4O2/c1-12-16-10-14(11-20-17(16)22(2)21-12)18(23)19-9-8-13-4-6-15(24-3)7-5-13/h4-7,10-11H,8-9H2,1-3H3,(H,19,23). The molecule has 24 heavy (non-hydrogen) atoms. The van der Waals surface area contributed by atoms with Crippen LogP contribution in [0, 0.1) is 6.92 Å². The Bertz CT molecular complexity index is 869. The molecule has 0 atom stereocenters. The van der Waals surface area contributed by atoms with Gasteiger partial charge in [-0.3, -0.25) is 9.48 Å². The first-order valence-corrected chi connectivity index (χ1v) is 7.79. The molecule has 0 bridgehead atoms. The van der Waals surface area contributed by atoms with Crippen LogP contribution in [0.4, 0.5) is 0 Å². The van der Waals surface area contributed by atoms with Gasteiger partial charge in [0.2, 0.25) is 0 Å². The third-order valence-corrected chi connectivity index (χ3v) is 3.98. The van der Waals surface area contributed by atoms with Gasteiger partial charge in [-0.05, 0) is 37.1 Å². The molecular weight excluding hydrogens is 304 g/mol. The maximum atomic E-state index is 12.3. The SMILES string of the molecule is COc1ccc(CCNC(=O)c2cnc3c(c2)c(C)nn3C)cc1. The van der Waals surface area contributed by atoms with E-state index < -0.39 is 0 Å². The van der Waals surface area contributed by atoms with E-state index in [1.54, 1.807) is 18.0 Å². The minimum atomic E-state index is -0.124. The van der Waals surface area contributed by atoms with Crippen LogP contribution in [-0.2, 0) is 13.5 Å². The number of benzene rings is 1. The summed E-state index contributed by atoms with van der Waals surface area (Å²) in [6.45, 7) is 2.48. The van der Waals surface area contributed by atoms with Gasteiger partial charge >= 0.3 is 0 Å². The summed E-state index contributed by atoms with van der Waals surface area (Å²) in [5.41, 5.74) is 3.34. The number of methoxy groups -OCH3 is 1. The predicted octanol–water partition coefficient (Wildman–Crippen LogP) is 2.26. The predicted molar refractivity (Wildman–Crippen MR) is 92.3 cm³/mol. The van der Waals surface area contributed by atoms with Gasteiger partial charge in [-0.15, -0.1) is 0 Å². The van der Waals surface area contributed by atoms with Crippen molar-refractivity contribution in [3.8, 4) is 5.75 Å². The van der Waals surface area contributed by atoms with Crippen molar-refractivity contribution in [2.75, 3.05) is 13.7 Å². The third-order valence-electron chi connectivity index (χ3n) is 3.98. The maximum Gasteiger partial charge on any atom is 0.252 e. The molecule has 0 aliphatic heterocycles. The van der Waals surface area contributed by atoms with E-state index in [1.807, 2.05) is 44.3 Å². The van der Waals surface area contributed by atoms with E-state index in [0.717, 1.165) is 34.5 Å². The van der Waals surface area contributed by atoms with E-state index in [0.29, 0.717) is 12.1 Å². The van der Waals surface area contributed by atoms with E-state index in [9.17, 15) is 4.79 Å². The van der Waals surface area contributed by atoms with Crippen molar-refractivity contribution in [2.45, 2.75) is 13.3 Å². The highest BCUT2D eigenvalue weighted by Gasteiger charge is 2.11. The molecule has 0 spiro atoms. The Kier molecular flexibility index (Phi) is 4.46. The summed E-state index contributed by atoms with van der Waals surface area (Å²) < 4.78 is 6.85. The lowest BCUT2D eigenvalue weighted by Gasteiger charge is -2.06. The Hall–Kier alpha value is -2.89. The van der Waals surface area contributed by atoms with Crippen molar-refractivity contribution in [1.82, 2.24) is 20.1 Å². The zero-order chi connectivity index (χ0) is 17.1. The summed E-state index contributed by atoms with van der Waals surface area (Å²) in [4.78, 5) is 16.6. The average molecular weight is 324 g/mol. The molecule has 6 nitrogen and oxygen atoms in total. The molecule has 3 aromatic rings. The largest absolute Gasteiger partial charge is 0.497 e. The molecule has 0 aliphatic rings. The normalized spacial score (nSPS) is 10.8. The monoisotopic (exact) mass is 324 g/mol. The Labute approximate surface area is 140 Å². The molecule has 0 saturated carbocycles. The van der Waals surface area contributed by atoms with E-state index in [-0.39, 0.29) is 5.91 Å². The molecule has 2 heterocycles. The fourth-order valence-corrected chi connectivity index (χ4v) is 2.65. The fraction of sp³-hybridized carbons (Fsp3) is 0.278. The topological polar surface area (TPSA) is 69.0 Å². The van der Waals surface area contributed by atoms with Crippen molar-refractivity contribution in [3.63, 3.8) is 0 Å². The van der Waals surface area contributed by atoms with Crippen molar-refractivity contribution >= 4 is 16.9 Å². The lowest BCUT2D eigenvalue weighted by Crippen LogP contribution is -2.25. The zero-order valence-corrected chi connectivity index (χ0v) is 14.0. The second kappa shape index (κ2) is 6.70. The first kappa shape index (κ1) is 16.0. The Balaban J connectivity index is 1.63. The van der Waals surface area contributed by atoms with Gasteiger partial charge in [0.1, 0.15) is 5.75 Å². The molecule has 0 aliphatic carbocycles. The first-order valence-electron chi connectivity index (χ1n) is 7.79. The van der Waals surface area contributed by atoms with Crippen molar-refractivity contribution < 1.29 is 9.53 Å². The molecule has 1 N–H and O–H groups in total. The summed E-state index contributed by atoms with van der Waals surface area (Å²) >= 11 is 0. The van der Waals surface area contributed by atoms with Crippen molar-refractivity contribution in [3.05, 3.63) is 53.3 Å². The highest BCUT2D eigenvalue weighted by atomic mass is 16.5. The zero-order valence-electron chi connectivity index (χ0n) is 14.0. The Morgan fingerprint density at radius 2 is 2.04 bits per heavy atom. The summed E-state index contributed by atoms with van der Waals surface area (Å²) in [6.07, 6.45) is 2.35. The highest BCUT2D eigenvalue weighted by molar-refractivity contribution is 5.97.